The summed E-state index contributed by atoms with van der Waals surface area (Å²) in [6, 6.07) is 7.44. The van der Waals surface area contributed by atoms with Gasteiger partial charge in [-0.15, -0.1) is 0 Å². The van der Waals surface area contributed by atoms with Crippen molar-refractivity contribution in [1.29, 1.82) is 0 Å². The molecule has 0 aliphatic heterocycles. The van der Waals surface area contributed by atoms with E-state index in [1.165, 1.54) is 19.3 Å². The highest BCUT2D eigenvalue weighted by Crippen LogP contribution is 2.64. The van der Waals surface area contributed by atoms with Crippen molar-refractivity contribution in [3.8, 4) is 0 Å². The summed E-state index contributed by atoms with van der Waals surface area (Å²) in [4.78, 5) is 25.6. The van der Waals surface area contributed by atoms with E-state index in [-0.39, 0.29) is 21.5 Å². The van der Waals surface area contributed by atoms with Crippen molar-refractivity contribution < 1.29 is 14.3 Å². The monoisotopic (exact) mass is 404 g/mol. The van der Waals surface area contributed by atoms with Gasteiger partial charge in [-0.2, -0.15) is 0 Å². The molecule has 2 unspecified atom stereocenters. The highest BCUT2D eigenvalue weighted by atomic mass is 79.9. The Balaban J connectivity index is 1.48. The fraction of sp³-hybridized carbons (Fsp3) is 0.619. The second kappa shape index (κ2) is 5.94. The predicted molar refractivity (Wildman–Crippen MR) is 99.8 cm³/mol. The zero-order valence-electron chi connectivity index (χ0n) is 14.9. The summed E-state index contributed by atoms with van der Waals surface area (Å²) in [5, 5.41) is 0. The summed E-state index contributed by atoms with van der Waals surface area (Å²) in [6.07, 6.45) is 5.60. The number of carbonyl (C=O) groups excluding carboxylic acids is 2. The Morgan fingerprint density at radius 2 is 1.72 bits per heavy atom. The Bertz CT molecular complexity index is 694. The van der Waals surface area contributed by atoms with Gasteiger partial charge in [0.25, 0.3) is 0 Å². The van der Waals surface area contributed by atoms with Crippen LogP contribution in [0.15, 0.2) is 24.3 Å². The molecule has 4 saturated carbocycles. The van der Waals surface area contributed by atoms with Crippen molar-refractivity contribution in [1.82, 2.24) is 0 Å². The molecule has 3 nitrogen and oxygen atoms in total. The number of rotatable bonds is 4. The molecule has 4 bridgehead atoms. The Labute approximate surface area is 157 Å². The molecule has 0 radical (unpaired) electrons. The maximum absolute atomic E-state index is 13.0. The van der Waals surface area contributed by atoms with Crippen LogP contribution in [0.2, 0.25) is 0 Å². The highest BCUT2D eigenvalue weighted by molar-refractivity contribution is 9.10. The SMILES string of the molecule is Cc1ccc(C(=O)[C@H](C)OC(=O)C23C[C@@H]4C[C@@H](CC(Br)(C4)C2)C3)cc1. The molecule has 5 rings (SSSR count). The predicted octanol–water partition coefficient (Wildman–Crippen LogP) is 4.84. The topological polar surface area (TPSA) is 43.4 Å². The van der Waals surface area contributed by atoms with Crippen molar-refractivity contribution in [3.63, 3.8) is 0 Å². The van der Waals surface area contributed by atoms with Crippen LogP contribution in [0.5, 0.6) is 0 Å². The molecular formula is C21H25BrO3. The second-order valence-corrected chi connectivity index (χ2v) is 10.4. The van der Waals surface area contributed by atoms with Gasteiger partial charge in [0.05, 0.1) is 5.41 Å². The largest absolute Gasteiger partial charge is 0.454 e. The van der Waals surface area contributed by atoms with Crippen LogP contribution in [0, 0.1) is 24.2 Å². The summed E-state index contributed by atoms with van der Waals surface area (Å²) >= 11 is 3.92. The quantitative estimate of drug-likeness (QED) is 0.409. The van der Waals surface area contributed by atoms with Gasteiger partial charge < -0.3 is 4.74 Å². The fourth-order valence-electron chi connectivity index (χ4n) is 5.68. The van der Waals surface area contributed by atoms with Crippen molar-refractivity contribution in [3.05, 3.63) is 35.4 Å². The van der Waals surface area contributed by atoms with Gasteiger partial charge in [-0.1, -0.05) is 45.8 Å². The minimum Gasteiger partial charge on any atom is -0.454 e. The van der Waals surface area contributed by atoms with Crippen LogP contribution in [0.4, 0.5) is 0 Å². The lowest BCUT2D eigenvalue weighted by Crippen LogP contribution is -2.56. The molecule has 0 amide bonds. The van der Waals surface area contributed by atoms with Gasteiger partial charge >= 0.3 is 5.97 Å². The second-order valence-electron chi connectivity index (χ2n) is 8.67. The first-order valence-corrected chi connectivity index (χ1v) is 10.1. The smallest absolute Gasteiger partial charge is 0.312 e. The number of carbonyl (C=O) groups is 2. The number of hydrogen-bond acceptors (Lipinski definition) is 3. The van der Waals surface area contributed by atoms with Gasteiger partial charge in [0.15, 0.2) is 6.10 Å². The molecule has 0 aromatic heterocycles. The van der Waals surface area contributed by atoms with Crippen LogP contribution in [-0.4, -0.2) is 22.2 Å². The Hall–Kier alpha value is -1.16. The lowest BCUT2D eigenvalue weighted by molar-refractivity contribution is -0.172. The summed E-state index contributed by atoms with van der Waals surface area (Å²) < 4.78 is 5.83. The van der Waals surface area contributed by atoms with Gasteiger partial charge in [0.2, 0.25) is 5.78 Å². The number of ether oxygens (including phenoxy) is 1. The van der Waals surface area contributed by atoms with Crippen LogP contribution < -0.4 is 0 Å². The number of halogens is 1. The molecule has 5 atom stereocenters. The molecule has 1 aromatic rings. The van der Waals surface area contributed by atoms with Gasteiger partial charge in [-0.3, -0.25) is 9.59 Å². The average molecular weight is 405 g/mol. The molecule has 4 heteroatoms. The summed E-state index contributed by atoms with van der Waals surface area (Å²) in [6.45, 7) is 3.69. The number of hydrogen-bond donors (Lipinski definition) is 0. The first kappa shape index (κ1) is 17.3. The molecule has 0 saturated heterocycles. The Morgan fingerprint density at radius 1 is 1.12 bits per heavy atom. The van der Waals surface area contributed by atoms with E-state index >= 15 is 0 Å². The van der Waals surface area contributed by atoms with Gasteiger partial charge in [0.1, 0.15) is 0 Å². The van der Waals surface area contributed by atoms with Crippen molar-refractivity contribution >= 4 is 27.7 Å². The summed E-state index contributed by atoms with van der Waals surface area (Å²) in [5.74, 6) is 0.970. The highest BCUT2D eigenvalue weighted by Gasteiger charge is 2.60. The maximum Gasteiger partial charge on any atom is 0.312 e. The fourth-order valence-corrected chi connectivity index (χ4v) is 7.13. The Morgan fingerprint density at radius 3 is 2.28 bits per heavy atom. The van der Waals surface area contributed by atoms with E-state index in [9.17, 15) is 9.59 Å². The third-order valence-corrected chi connectivity index (χ3v) is 7.34. The molecule has 0 N–H and O–H groups in total. The minimum absolute atomic E-state index is 0.111. The number of benzene rings is 1. The van der Waals surface area contributed by atoms with E-state index in [2.05, 4.69) is 15.9 Å². The molecular weight excluding hydrogens is 380 g/mol. The standard InChI is InChI=1S/C21H25BrO3/c1-13-3-5-17(6-4-13)18(23)14(2)25-19(24)20-8-15-7-16(9-20)11-21(22,10-15)12-20/h3-6,14-16H,7-12H2,1-2H3/t14-,15-,16+,20?,21?/m0/s1. The van der Waals surface area contributed by atoms with Crippen LogP contribution in [0.25, 0.3) is 0 Å². The lowest BCUT2D eigenvalue weighted by atomic mass is 9.49. The Kier molecular flexibility index (Phi) is 4.10. The van der Waals surface area contributed by atoms with E-state index in [0.29, 0.717) is 17.4 Å². The van der Waals surface area contributed by atoms with Gasteiger partial charge in [-0.25, -0.2) is 0 Å². The van der Waals surface area contributed by atoms with E-state index in [0.717, 1.165) is 24.8 Å². The summed E-state index contributed by atoms with van der Waals surface area (Å²) in [5.41, 5.74) is 1.33. The normalized spacial score (nSPS) is 36.9. The molecule has 0 spiro atoms. The van der Waals surface area contributed by atoms with Crippen LogP contribution in [0.1, 0.15) is 61.4 Å². The first-order chi connectivity index (χ1) is 11.8. The van der Waals surface area contributed by atoms with Crippen molar-refractivity contribution in [2.45, 2.75) is 62.8 Å². The molecule has 4 aliphatic rings. The number of Topliss-reactive ketones (excluding diaryl/α,β-unsaturated/α-hetero) is 1. The van der Waals surface area contributed by atoms with Crippen LogP contribution in [-0.2, 0) is 9.53 Å². The zero-order valence-corrected chi connectivity index (χ0v) is 16.5. The van der Waals surface area contributed by atoms with Crippen LogP contribution in [0.3, 0.4) is 0 Å². The van der Waals surface area contributed by atoms with Gasteiger partial charge in [0, 0.05) is 9.89 Å². The first-order valence-electron chi connectivity index (χ1n) is 9.30. The van der Waals surface area contributed by atoms with E-state index in [1.54, 1.807) is 19.1 Å². The minimum atomic E-state index is -0.727. The number of ketones is 1. The van der Waals surface area contributed by atoms with Crippen molar-refractivity contribution in [2.24, 2.45) is 17.3 Å². The van der Waals surface area contributed by atoms with E-state index in [4.69, 9.17) is 4.74 Å². The molecule has 25 heavy (non-hydrogen) atoms. The van der Waals surface area contributed by atoms with E-state index < -0.39 is 6.10 Å². The molecule has 1 aromatic carbocycles. The average Bonchev–Trinajstić information content (AvgIpc) is 2.52. The van der Waals surface area contributed by atoms with Crippen molar-refractivity contribution in [2.75, 3.05) is 0 Å². The summed E-state index contributed by atoms with van der Waals surface area (Å²) in [7, 11) is 0. The third kappa shape index (κ3) is 3.07. The number of alkyl halides is 1. The number of esters is 1. The van der Waals surface area contributed by atoms with Gasteiger partial charge in [-0.05, 0) is 64.2 Å². The third-order valence-electron chi connectivity index (χ3n) is 6.41. The van der Waals surface area contributed by atoms with E-state index in [1.807, 2.05) is 19.1 Å². The zero-order chi connectivity index (χ0) is 17.8. The number of aryl methyl sites for hydroxylation is 1. The van der Waals surface area contributed by atoms with Crippen LogP contribution >= 0.6 is 15.9 Å². The molecule has 4 aliphatic carbocycles. The lowest BCUT2D eigenvalue weighted by Gasteiger charge is -2.58. The molecule has 4 fully saturated rings. The maximum atomic E-state index is 13.0. The molecule has 134 valence electrons. The molecule has 0 heterocycles.